The van der Waals surface area contributed by atoms with Crippen molar-refractivity contribution in [3.8, 4) is 17.2 Å². The zero-order valence-electron chi connectivity index (χ0n) is 22.3. The average Bonchev–Trinajstić information content (AvgIpc) is 3.73. The van der Waals surface area contributed by atoms with E-state index in [4.69, 9.17) is 37.4 Å². The number of pyridine rings is 1. The highest BCUT2D eigenvalue weighted by Crippen LogP contribution is 2.38. The molecule has 1 N–H and O–H groups in total. The van der Waals surface area contributed by atoms with Crippen molar-refractivity contribution in [1.29, 1.82) is 0 Å². The summed E-state index contributed by atoms with van der Waals surface area (Å²) in [6.07, 6.45) is 3.63. The first-order valence-electron chi connectivity index (χ1n) is 12.5. The number of methoxy groups -OCH3 is 1. The number of nitrogens with one attached hydrogen (secondary N) is 1. The quantitative estimate of drug-likeness (QED) is 0.146. The van der Waals surface area contributed by atoms with Crippen LogP contribution in [0.25, 0.3) is 0 Å². The van der Waals surface area contributed by atoms with Gasteiger partial charge in [0.05, 0.1) is 31.2 Å². The van der Waals surface area contributed by atoms with Crippen LogP contribution in [0.1, 0.15) is 40.4 Å². The number of halogens is 4. The summed E-state index contributed by atoms with van der Waals surface area (Å²) in [5, 5.41) is 11.8. The second kappa shape index (κ2) is 13.2. The minimum Gasteiger partial charge on any atom is -0.619 e. The molecule has 1 aliphatic carbocycles. The summed E-state index contributed by atoms with van der Waals surface area (Å²) in [6, 6.07) is 8.14. The van der Waals surface area contributed by atoms with Crippen LogP contribution in [0.5, 0.6) is 17.2 Å². The van der Waals surface area contributed by atoms with E-state index in [0.29, 0.717) is 10.3 Å². The molecular formula is C27H26Cl2F2N2O8S. The maximum atomic E-state index is 13.6. The first kappa shape index (κ1) is 31.4. The van der Waals surface area contributed by atoms with Gasteiger partial charge in [-0.05, 0) is 54.7 Å². The fraction of sp³-hybridized carbons (Fsp3) is 0.333. The highest BCUT2D eigenvalue weighted by Gasteiger charge is 2.28. The number of esters is 1. The van der Waals surface area contributed by atoms with E-state index in [-0.39, 0.29) is 63.1 Å². The Hall–Kier alpha value is -3.55. The number of sulfonamides is 1. The second-order valence-electron chi connectivity index (χ2n) is 9.52. The van der Waals surface area contributed by atoms with Crippen LogP contribution >= 0.6 is 23.2 Å². The van der Waals surface area contributed by atoms with Crippen LogP contribution < -0.4 is 23.7 Å². The van der Waals surface area contributed by atoms with Gasteiger partial charge < -0.3 is 24.2 Å². The molecule has 1 aromatic heterocycles. The van der Waals surface area contributed by atoms with Crippen LogP contribution in [0.4, 0.5) is 14.5 Å². The Kier molecular flexibility index (Phi) is 9.85. The third kappa shape index (κ3) is 8.49. The minimum absolute atomic E-state index is 0.00390. The fourth-order valence-electron chi connectivity index (χ4n) is 3.96. The molecule has 0 aliphatic heterocycles. The summed E-state index contributed by atoms with van der Waals surface area (Å²) in [5.41, 5.74) is 0.314. The smallest absolute Gasteiger partial charge is 0.387 e. The minimum atomic E-state index is -3.78. The van der Waals surface area contributed by atoms with Crippen LogP contribution in [-0.4, -0.2) is 41.0 Å². The van der Waals surface area contributed by atoms with Crippen LogP contribution in [0.15, 0.2) is 48.8 Å². The lowest BCUT2D eigenvalue weighted by Gasteiger charge is -2.22. The molecule has 0 saturated heterocycles. The highest BCUT2D eigenvalue weighted by molar-refractivity contribution is 7.92. The summed E-state index contributed by atoms with van der Waals surface area (Å²) in [4.78, 5) is 13.6. The molecule has 1 heterocycles. The van der Waals surface area contributed by atoms with Crippen LogP contribution in [0.2, 0.25) is 10.0 Å². The maximum absolute atomic E-state index is 13.6. The summed E-state index contributed by atoms with van der Waals surface area (Å²) in [7, 11) is -2.42. The first-order chi connectivity index (χ1) is 19.8. The Morgan fingerprint density at radius 2 is 1.81 bits per heavy atom. The molecule has 0 unspecified atom stereocenters. The number of rotatable bonds is 13. The number of ether oxygens (including phenoxy) is 4. The summed E-state index contributed by atoms with van der Waals surface area (Å²) >= 11 is 12.6. The molecule has 4 rings (SSSR count). The molecule has 0 radical (unpaired) electrons. The number of nitrogens with zero attached hydrogens (tertiary/aromatic N) is 1. The van der Waals surface area contributed by atoms with E-state index in [1.807, 2.05) is 0 Å². The Morgan fingerprint density at radius 1 is 1.12 bits per heavy atom. The highest BCUT2D eigenvalue weighted by atomic mass is 35.5. The van der Waals surface area contributed by atoms with E-state index in [1.54, 1.807) is 0 Å². The molecule has 1 aliphatic rings. The lowest BCUT2D eigenvalue weighted by atomic mass is 10.0. The molecular weight excluding hydrogens is 621 g/mol. The molecule has 0 spiro atoms. The molecule has 1 atom stereocenters. The first-order valence-corrected chi connectivity index (χ1v) is 15.1. The Balaban J connectivity index is 1.76. The van der Waals surface area contributed by atoms with Crippen molar-refractivity contribution in [2.75, 3.05) is 24.7 Å². The van der Waals surface area contributed by atoms with Gasteiger partial charge in [0.1, 0.15) is 21.9 Å². The van der Waals surface area contributed by atoms with E-state index in [0.717, 1.165) is 31.5 Å². The van der Waals surface area contributed by atoms with Crippen LogP contribution in [0, 0.1) is 11.1 Å². The lowest BCUT2D eigenvalue weighted by molar-refractivity contribution is -0.605. The number of benzene rings is 2. The number of alkyl halides is 2. The molecule has 2 aromatic carbocycles. The van der Waals surface area contributed by atoms with Gasteiger partial charge in [0.15, 0.2) is 23.9 Å². The third-order valence-corrected chi connectivity index (χ3v) is 7.41. The van der Waals surface area contributed by atoms with Crippen molar-refractivity contribution in [2.45, 2.75) is 32.0 Å². The van der Waals surface area contributed by atoms with E-state index >= 15 is 0 Å². The van der Waals surface area contributed by atoms with Gasteiger partial charge in [0, 0.05) is 12.0 Å². The number of hydrogen-bond acceptors (Lipinski definition) is 8. The van der Waals surface area contributed by atoms with Gasteiger partial charge in [-0.2, -0.15) is 13.5 Å². The summed E-state index contributed by atoms with van der Waals surface area (Å²) < 4.78 is 74.2. The molecule has 0 amide bonds. The monoisotopic (exact) mass is 646 g/mol. The SMILES string of the molecule is COc1ccc(NS(C)(=O)=O)c(C(=O)O[C@@H](Cc2c(Cl)c[n+]([O-])cc2Cl)c2ccc(OC(F)F)c(OCC3CC3)c2)c1. The third-order valence-electron chi connectivity index (χ3n) is 6.17. The zero-order valence-corrected chi connectivity index (χ0v) is 24.6. The van der Waals surface area contributed by atoms with Gasteiger partial charge >= 0.3 is 12.6 Å². The van der Waals surface area contributed by atoms with Crippen LogP contribution in [-0.2, 0) is 21.2 Å². The number of anilines is 1. The normalized spacial score (nSPS) is 13.9. The van der Waals surface area contributed by atoms with E-state index < -0.39 is 28.7 Å². The van der Waals surface area contributed by atoms with Crippen molar-refractivity contribution in [1.82, 2.24) is 0 Å². The number of aromatic nitrogens is 1. The Labute approximate surface area is 250 Å². The molecule has 0 bridgehead atoms. The van der Waals surface area contributed by atoms with Gasteiger partial charge in [-0.15, -0.1) is 0 Å². The zero-order chi connectivity index (χ0) is 30.6. The van der Waals surface area contributed by atoms with Crippen molar-refractivity contribution in [3.05, 3.63) is 80.7 Å². The Morgan fingerprint density at radius 3 is 2.40 bits per heavy atom. The predicted octanol–water partition coefficient (Wildman–Crippen LogP) is 5.54. The van der Waals surface area contributed by atoms with Gasteiger partial charge in [-0.3, -0.25) is 4.72 Å². The predicted molar refractivity (Wildman–Crippen MR) is 150 cm³/mol. The van der Waals surface area contributed by atoms with Crippen molar-refractivity contribution in [3.63, 3.8) is 0 Å². The van der Waals surface area contributed by atoms with E-state index in [1.165, 1.54) is 43.5 Å². The molecule has 1 fully saturated rings. The van der Waals surface area contributed by atoms with E-state index in [2.05, 4.69) is 9.46 Å². The van der Waals surface area contributed by atoms with Crippen molar-refractivity contribution >= 4 is 44.9 Å². The topological polar surface area (TPSA) is 127 Å². The standard InChI is InChI=1S/C27H26Cl2F2N2O8S/c1-38-17-6-7-22(32-42(2,36)37)19(10-17)26(34)40-24(11-18-20(28)12-33(35)13-21(18)29)16-5-8-23(41-27(30)31)25(9-16)39-14-15-3-4-15/h5-10,12-13,15,24,27,32H,3-4,11,14H2,1-2H3/t24-/m0/s1. The van der Waals surface area contributed by atoms with E-state index in [9.17, 15) is 27.2 Å². The molecule has 1 saturated carbocycles. The summed E-state index contributed by atoms with van der Waals surface area (Å²) in [6.45, 7) is -2.83. The van der Waals surface area contributed by atoms with Gasteiger partial charge in [-0.25, -0.2) is 13.2 Å². The number of carbonyl (C=O) groups excluding carboxylic acids is 1. The van der Waals surface area contributed by atoms with Crippen molar-refractivity contribution in [2.24, 2.45) is 5.92 Å². The largest absolute Gasteiger partial charge is 0.619 e. The lowest BCUT2D eigenvalue weighted by Crippen LogP contribution is -2.25. The van der Waals surface area contributed by atoms with Gasteiger partial charge in [0.2, 0.25) is 10.0 Å². The Bertz CT molecular complexity index is 1550. The summed E-state index contributed by atoms with van der Waals surface area (Å²) in [5.74, 6) is -0.632. The number of carbonyl (C=O) groups is 1. The van der Waals surface area contributed by atoms with Gasteiger partial charge in [0.25, 0.3) is 0 Å². The average molecular weight is 647 g/mol. The molecule has 15 heteroatoms. The van der Waals surface area contributed by atoms with Crippen molar-refractivity contribution < 1.29 is 45.7 Å². The van der Waals surface area contributed by atoms with Crippen LogP contribution in [0.3, 0.4) is 0 Å². The molecule has 3 aromatic rings. The number of hydrogen-bond donors (Lipinski definition) is 1. The second-order valence-corrected chi connectivity index (χ2v) is 12.1. The molecule has 42 heavy (non-hydrogen) atoms. The maximum Gasteiger partial charge on any atom is 0.387 e. The molecule has 10 nitrogen and oxygen atoms in total. The van der Waals surface area contributed by atoms with Gasteiger partial charge in [-0.1, -0.05) is 29.3 Å². The molecule has 226 valence electrons. The fourth-order valence-corrected chi connectivity index (χ4v) is 5.14.